The van der Waals surface area contributed by atoms with Gasteiger partial charge in [-0.3, -0.25) is 9.69 Å². The van der Waals surface area contributed by atoms with Crippen LogP contribution in [0.5, 0.6) is 5.75 Å². The predicted molar refractivity (Wildman–Crippen MR) is 135 cm³/mol. The summed E-state index contributed by atoms with van der Waals surface area (Å²) >= 11 is 1.85. The number of nitrogens with zero attached hydrogens (tertiary/aromatic N) is 3. The molecule has 1 atom stereocenters. The molecular formula is C26H32N4O3S. The Bertz CT molecular complexity index is 1070. The molecule has 7 nitrogen and oxygen atoms in total. The number of rotatable bonds is 10. The van der Waals surface area contributed by atoms with Crippen LogP contribution in [0.2, 0.25) is 0 Å². The molecule has 0 radical (unpaired) electrons. The molecule has 8 heteroatoms. The Morgan fingerprint density at radius 1 is 1.24 bits per heavy atom. The minimum absolute atomic E-state index is 0.000835. The van der Waals surface area contributed by atoms with Crippen LogP contribution in [0.15, 0.2) is 53.1 Å². The van der Waals surface area contributed by atoms with Gasteiger partial charge in [-0.25, -0.2) is 0 Å². The van der Waals surface area contributed by atoms with E-state index in [4.69, 9.17) is 9.26 Å². The van der Waals surface area contributed by atoms with Crippen LogP contribution >= 0.6 is 11.8 Å². The van der Waals surface area contributed by atoms with E-state index in [1.165, 1.54) is 11.1 Å². The Morgan fingerprint density at radius 3 is 2.85 bits per heavy atom. The van der Waals surface area contributed by atoms with Gasteiger partial charge in [0.2, 0.25) is 17.6 Å². The number of ether oxygens (including phenoxy) is 1. The van der Waals surface area contributed by atoms with Crippen molar-refractivity contribution in [2.45, 2.75) is 32.1 Å². The summed E-state index contributed by atoms with van der Waals surface area (Å²) < 4.78 is 10.7. The van der Waals surface area contributed by atoms with Crippen LogP contribution in [0.1, 0.15) is 29.9 Å². The number of hydrogen-bond acceptors (Lipinski definition) is 7. The van der Waals surface area contributed by atoms with Gasteiger partial charge in [-0.05, 0) is 61.7 Å². The average Bonchev–Trinajstić information content (AvgIpc) is 3.33. The number of methoxy groups -OCH3 is 1. The Kier molecular flexibility index (Phi) is 8.60. The summed E-state index contributed by atoms with van der Waals surface area (Å²) in [6, 6.07) is 16.0. The first-order valence-electron chi connectivity index (χ1n) is 11.7. The number of carbonyl (C=O) groups is 1. The molecule has 0 spiro atoms. The van der Waals surface area contributed by atoms with Crippen LogP contribution in [-0.2, 0) is 17.1 Å². The van der Waals surface area contributed by atoms with Gasteiger partial charge < -0.3 is 14.6 Å². The van der Waals surface area contributed by atoms with Gasteiger partial charge in [0, 0.05) is 30.2 Å². The molecule has 0 aliphatic carbocycles. The molecule has 1 aromatic heterocycles. The van der Waals surface area contributed by atoms with E-state index in [0.29, 0.717) is 31.3 Å². The molecule has 1 fully saturated rings. The number of hydrogen-bond donors (Lipinski definition) is 1. The van der Waals surface area contributed by atoms with Gasteiger partial charge in [0.25, 0.3) is 0 Å². The summed E-state index contributed by atoms with van der Waals surface area (Å²) in [6.45, 7) is 5.03. The highest BCUT2D eigenvalue weighted by atomic mass is 32.2. The molecule has 4 rings (SSSR count). The van der Waals surface area contributed by atoms with E-state index in [9.17, 15) is 4.79 Å². The summed E-state index contributed by atoms with van der Waals surface area (Å²) in [7, 11) is 1.64. The Hall–Kier alpha value is -2.84. The number of amides is 1. The lowest BCUT2D eigenvalue weighted by molar-refractivity contribution is -0.126. The minimum Gasteiger partial charge on any atom is -0.497 e. The van der Waals surface area contributed by atoms with Gasteiger partial charge in [0.05, 0.1) is 19.6 Å². The zero-order chi connectivity index (χ0) is 23.8. The standard InChI is InChI=1S/C26H32N4O3S/c1-19-6-3-4-7-22(19)18-34-15-13-27-26(31)21-8-5-14-30(16-21)17-24-28-25(29-33-24)20-9-11-23(32-2)12-10-20/h3-4,6-7,9-12,21H,5,8,13-18H2,1-2H3,(H,27,31). The molecule has 1 unspecified atom stereocenters. The first-order valence-corrected chi connectivity index (χ1v) is 12.9. The van der Waals surface area contributed by atoms with Gasteiger partial charge in [0.15, 0.2) is 0 Å². The maximum atomic E-state index is 12.7. The molecule has 3 aromatic rings. The van der Waals surface area contributed by atoms with Crippen LogP contribution in [0.3, 0.4) is 0 Å². The lowest BCUT2D eigenvalue weighted by atomic mass is 9.97. The van der Waals surface area contributed by atoms with Crippen LogP contribution in [0, 0.1) is 12.8 Å². The third-order valence-corrected chi connectivity index (χ3v) is 7.12. The molecule has 2 aromatic carbocycles. The zero-order valence-electron chi connectivity index (χ0n) is 19.8. The molecule has 1 aliphatic rings. The number of piperidine rings is 1. The minimum atomic E-state index is -0.000835. The van der Waals surface area contributed by atoms with Crippen molar-refractivity contribution in [1.29, 1.82) is 0 Å². The number of thioether (sulfide) groups is 1. The fraction of sp³-hybridized carbons (Fsp3) is 0.423. The highest BCUT2D eigenvalue weighted by molar-refractivity contribution is 7.98. The molecule has 0 saturated carbocycles. The largest absolute Gasteiger partial charge is 0.497 e. The average molecular weight is 481 g/mol. The van der Waals surface area contributed by atoms with Gasteiger partial charge in [0.1, 0.15) is 5.75 Å². The molecule has 0 bridgehead atoms. The van der Waals surface area contributed by atoms with E-state index in [2.05, 4.69) is 51.5 Å². The number of carbonyl (C=O) groups excluding carboxylic acids is 1. The number of likely N-dealkylation sites (tertiary alicyclic amines) is 1. The molecule has 1 amide bonds. The van der Waals surface area contributed by atoms with Crippen LogP contribution in [0.25, 0.3) is 11.4 Å². The van der Waals surface area contributed by atoms with Gasteiger partial charge >= 0.3 is 0 Å². The Labute approximate surface area is 205 Å². The van der Waals surface area contributed by atoms with E-state index in [0.717, 1.165) is 42.2 Å². The second-order valence-electron chi connectivity index (χ2n) is 8.58. The number of nitrogens with one attached hydrogen (secondary N) is 1. The summed E-state index contributed by atoms with van der Waals surface area (Å²) in [5.74, 6) is 3.95. The van der Waals surface area contributed by atoms with Gasteiger partial charge in [-0.1, -0.05) is 29.4 Å². The number of aryl methyl sites for hydroxylation is 1. The fourth-order valence-electron chi connectivity index (χ4n) is 4.13. The highest BCUT2D eigenvalue weighted by Crippen LogP contribution is 2.22. The molecule has 1 N–H and O–H groups in total. The quantitative estimate of drug-likeness (QED) is 0.433. The van der Waals surface area contributed by atoms with Crippen molar-refractivity contribution in [1.82, 2.24) is 20.4 Å². The topological polar surface area (TPSA) is 80.5 Å². The summed E-state index contributed by atoms with van der Waals surface area (Å²) in [5.41, 5.74) is 3.56. The van der Waals surface area contributed by atoms with Crippen molar-refractivity contribution in [2.24, 2.45) is 5.92 Å². The van der Waals surface area contributed by atoms with E-state index in [-0.39, 0.29) is 11.8 Å². The fourth-order valence-corrected chi connectivity index (χ4v) is 5.06. The summed E-state index contributed by atoms with van der Waals surface area (Å²) in [4.78, 5) is 19.5. The maximum Gasteiger partial charge on any atom is 0.241 e. The summed E-state index contributed by atoms with van der Waals surface area (Å²) in [5, 5.41) is 7.24. The third kappa shape index (κ3) is 6.61. The first-order chi connectivity index (χ1) is 16.6. The van der Waals surface area contributed by atoms with E-state index in [1.54, 1.807) is 7.11 Å². The van der Waals surface area contributed by atoms with Crippen molar-refractivity contribution >= 4 is 17.7 Å². The maximum absolute atomic E-state index is 12.7. The number of aromatic nitrogens is 2. The second-order valence-corrected chi connectivity index (χ2v) is 9.69. The Morgan fingerprint density at radius 2 is 2.06 bits per heavy atom. The van der Waals surface area contributed by atoms with Crippen molar-refractivity contribution in [3.63, 3.8) is 0 Å². The van der Waals surface area contributed by atoms with Crippen molar-refractivity contribution in [2.75, 3.05) is 32.5 Å². The van der Waals surface area contributed by atoms with E-state index in [1.807, 2.05) is 36.0 Å². The van der Waals surface area contributed by atoms with Crippen molar-refractivity contribution in [3.8, 4) is 17.1 Å². The van der Waals surface area contributed by atoms with Crippen molar-refractivity contribution < 1.29 is 14.1 Å². The van der Waals surface area contributed by atoms with Crippen LogP contribution in [0.4, 0.5) is 0 Å². The van der Waals surface area contributed by atoms with Gasteiger partial charge in [-0.15, -0.1) is 0 Å². The smallest absolute Gasteiger partial charge is 0.241 e. The molecule has 1 aliphatic heterocycles. The third-order valence-electron chi connectivity index (χ3n) is 6.12. The second kappa shape index (κ2) is 12.0. The van der Waals surface area contributed by atoms with E-state index >= 15 is 0 Å². The predicted octanol–water partition coefficient (Wildman–Crippen LogP) is 4.32. The molecule has 1 saturated heterocycles. The monoisotopic (exact) mass is 480 g/mol. The SMILES string of the molecule is COc1ccc(-c2noc(CN3CCCC(C(=O)NCCSCc4ccccc4C)C3)n2)cc1. The van der Waals surface area contributed by atoms with Crippen molar-refractivity contribution in [3.05, 3.63) is 65.5 Å². The van der Waals surface area contributed by atoms with E-state index < -0.39 is 0 Å². The first kappa shape index (κ1) is 24.3. The zero-order valence-corrected chi connectivity index (χ0v) is 20.6. The molecule has 2 heterocycles. The number of benzene rings is 2. The van der Waals surface area contributed by atoms with Crippen LogP contribution in [-0.4, -0.2) is 53.4 Å². The normalized spacial score (nSPS) is 16.4. The lowest BCUT2D eigenvalue weighted by Crippen LogP contribution is -2.43. The Balaban J connectivity index is 1.20. The van der Waals surface area contributed by atoms with Gasteiger partial charge in [-0.2, -0.15) is 16.7 Å². The van der Waals surface area contributed by atoms with Crippen LogP contribution < -0.4 is 10.1 Å². The highest BCUT2D eigenvalue weighted by Gasteiger charge is 2.26. The molecule has 34 heavy (non-hydrogen) atoms. The molecular weight excluding hydrogens is 448 g/mol. The lowest BCUT2D eigenvalue weighted by Gasteiger charge is -2.30. The summed E-state index contributed by atoms with van der Waals surface area (Å²) in [6.07, 6.45) is 1.90. The molecule has 180 valence electrons.